The third-order valence-electron chi connectivity index (χ3n) is 3.46. The van der Waals surface area contributed by atoms with Crippen LogP contribution in [0, 0.1) is 5.92 Å². The highest BCUT2D eigenvalue weighted by Crippen LogP contribution is 2.14. The highest BCUT2D eigenvalue weighted by atomic mass is 32.1. The molecule has 0 bridgehead atoms. The molecule has 2 N–H and O–H groups in total. The molecule has 1 atom stereocenters. The van der Waals surface area contributed by atoms with Crippen molar-refractivity contribution in [3.05, 3.63) is 46.3 Å². The van der Waals surface area contributed by atoms with Crippen molar-refractivity contribution in [2.45, 2.75) is 19.9 Å². The van der Waals surface area contributed by atoms with Gasteiger partial charge in [-0.2, -0.15) is 0 Å². The SMILES string of the molecule is CN=C(NCc1cccnc1OC)NCC(C)Cc1cccs1. The number of aromatic nitrogens is 1. The second-order valence-corrected chi connectivity index (χ2v) is 6.40. The molecule has 0 spiro atoms. The van der Waals surface area contributed by atoms with E-state index in [1.54, 1.807) is 20.4 Å². The molecule has 0 radical (unpaired) electrons. The lowest BCUT2D eigenvalue weighted by molar-refractivity contribution is 0.392. The van der Waals surface area contributed by atoms with Crippen LogP contribution in [0.5, 0.6) is 5.88 Å². The van der Waals surface area contributed by atoms with Crippen molar-refractivity contribution >= 4 is 17.3 Å². The number of nitrogens with zero attached hydrogens (tertiary/aromatic N) is 2. The zero-order valence-corrected chi connectivity index (χ0v) is 14.7. The van der Waals surface area contributed by atoms with Crippen molar-refractivity contribution in [2.75, 3.05) is 20.7 Å². The number of guanidine groups is 1. The fourth-order valence-corrected chi connectivity index (χ4v) is 3.13. The predicted molar refractivity (Wildman–Crippen MR) is 96.2 cm³/mol. The zero-order chi connectivity index (χ0) is 16.5. The summed E-state index contributed by atoms with van der Waals surface area (Å²) >= 11 is 1.81. The Balaban J connectivity index is 1.79. The summed E-state index contributed by atoms with van der Waals surface area (Å²) < 4.78 is 5.26. The van der Waals surface area contributed by atoms with Gasteiger partial charge in [-0.05, 0) is 29.9 Å². The molecular weight excluding hydrogens is 308 g/mol. The fraction of sp³-hybridized carbons (Fsp3) is 0.412. The molecule has 6 heteroatoms. The Morgan fingerprint density at radius 3 is 2.91 bits per heavy atom. The molecule has 2 rings (SSSR count). The molecular formula is C17H24N4OS. The maximum atomic E-state index is 5.26. The summed E-state index contributed by atoms with van der Waals surface area (Å²) in [7, 11) is 3.41. The van der Waals surface area contributed by atoms with Crippen LogP contribution in [-0.4, -0.2) is 31.6 Å². The Bertz CT molecular complexity index is 613. The van der Waals surface area contributed by atoms with E-state index in [2.05, 4.69) is 45.0 Å². The van der Waals surface area contributed by atoms with Crippen molar-refractivity contribution in [3.63, 3.8) is 0 Å². The molecule has 0 aliphatic carbocycles. The summed E-state index contributed by atoms with van der Waals surface area (Å²) in [5, 5.41) is 8.79. The van der Waals surface area contributed by atoms with E-state index >= 15 is 0 Å². The van der Waals surface area contributed by atoms with Crippen molar-refractivity contribution in [1.82, 2.24) is 15.6 Å². The number of thiophene rings is 1. The summed E-state index contributed by atoms with van der Waals surface area (Å²) in [4.78, 5) is 9.88. The fourth-order valence-electron chi connectivity index (χ4n) is 2.26. The summed E-state index contributed by atoms with van der Waals surface area (Å²) in [6.07, 6.45) is 2.81. The lowest BCUT2D eigenvalue weighted by Gasteiger charge is -2.16. The van der Waals surface area contributed by atoms with E-state index in [-0.39, 0.29) is 0 Å². The van der Waals surface area contributed by atoms with E-state index < -0.39 is 0 Å². The molecule has 2 heterocycles. The van der Waals surface area contributed by atoms with Crippen LogP contribution < -0.4 is 15.4 Å². The topological polar surface area (TPSA) is 58.5 Å². The molecule has 0 aromatic carbocycles. The van der Waals surface area contributed by atoms with Crippen LogP contribution in [0.4, 0.5) is 0 Å². The van der Waals surface area contributed by atoms with Gasteiger partial charge < -0.3 is 15.4 Å². The molecule has 2 aromatic heterocycles. The molecule has 0 aliphatic heterocycles. The van der Waals surface area contributed by atoms with Crippen molar-refractivity contribution in [2.24, 2.45) is 10.9 Å². The average Bonchev–Trinajstić information content (AvgIpc) is 3.08. The Hall–Kier alpha value is -2.08. The lowest BCUT2D eigenvalue weighted by Crippen LogP contribution is -2.39. The maximum Gasteiger partial charge on any atom is 0.218 e. The first-order chi connectivity index (χ1) is 11.2. The minimum absolute atomic E-state index is 0.542. The van der Waals surface area contributed by atoms with E-state index in [4.69, 9.17) is 4.74 Å². The minimum Gasteiger partial charge on any atom is -0.481 e. The van der Waals surface area contributed by atoms with Crippen molar-refractivity contribution < 1.29 is 4.74 Å². The number of aliphatic imine (C=N–C) groups is 1. The predicted octanol–water partition coefficient (Wildman–Crippen LogP) is 2.70. The van der Waals surface area contributed by atoms with Crippen molar-refractivity contribution in [3.8, 4) is 5.88 Å². The smallest absolute Gasteiger partial charge is 0.218 e. The molecule has 5 nitrogen and oxygen atoms in total. The number of ether oxygens (including phenoxy) is 1. The standard InChI is InChI=1S/C17H24N4OS/c1-13(10-15-7-5-9-23-15)11-20-17(18-2)21-12-14-6-4-8-19-16(14)22-3/h4-9,13H,10-12H2,1-3H3,(H2,18,20,21). The number of methoxy groups -OCH3 is 1. The summed E-state index contributed by atoms with van der Waals surface area (Å²) in [6, 6.07) is 8.18. The van der Waals surface area contributed by atoms with E-state index in [0.29, 0.717) is 18.3 Å². The minimum atomic E-state index is 0.542. The largest absolute Gasteiger partial charge is 0.481 e. The maximum absolute atomic E-state index is 5.26. The Kier molecular flexibility index (Phi) is 6.87. The number of nitrogens with one attached hydrogen (secondary N) is 2. The molecule has 2 aromatic rings. The highest BCUT2D eigenvalue weighted by molar-refractivity contribution is 7.09. The molecule has 0 saturated carbocycles. The van der Waals surface area contributed by atoms with Gasteiger partial charge in [0.2, 0.25) is 5.88 Å². The summed E-state index contributed by atoms with van der Waals surface area (Å²) in [5.41, 5.74) is 1.00. The quantitative estimate of drug-likeness (QED) is 0.604. The van der Waals surface area contributed by atoms with Gasteiger partial charge in [-0.25, -0.2) is 4.98 Å². The van der Waals surface area contributed by atoms with Gasteiger partial charge in [-0.1, -0.05) is 19.1 Å². The van der Waals surface area contributed by atoms with Crippen LogP contribution in [0.2, 0.25) is 0 Å². The number of hydrogen-bond donors (Lipinski definition) is 2. The normalized spacial score (nSPS) is 12.7. The van der Waals surface area contributed by atoms with E-state index in [1.165, 1.54) is 4.88 Å². The van der Waals surface area contributed by atoms with Gasteiger partial charge >= 0.3 is 0 Å². The van der Waals surface area contributed by atoms with Gasteiger partial charge in [-0.3, -0.25) is 4.99 Å². The summed E-state index contributed by atoms with van der Waals surface area (Å²) in [6.45, 7) is 3.74. The van der Waals surface area contributed by atoms with Gasteiger partial charge in [0.25, 0.3) is 0 Å². The van der Waals surface area contributed by atoms with Gasteiger partial charge in [0.05, 0.1) is 7.11 Å². The van der Waals surface area contributed by atoms with Gasteiger partial charge in [-0.15, -0.1) is 11.3 Å². The highest BCUT2D eigenvalue weighted by Gasteiger charge is 2.07. The zero-order valence-electron chi connectivity index (χ0n) is 13.9. The Labute approximate surface area is 141 Å². The number of hydrogen-bond acceptors (Lipinski definition) is 4. The van der Waals surface area contributed by atoms with E-state index in [1.807, 2.05) is 23.5 Å². The van der Waals surface area contributed by atoms with Crippen LogP contribution in [-0.2, 0) is 13.0 Å². The van der Waals surface area contributed by atoms with Gasteiger partial charge in [0.1, 0.15) is 0 Å². The molecule has 0 amide bonds. The molecule has 0 saturated heterocycles. The van der Waals surface area contributed by atoms with Crippen LogP contribution in [0.15, 0.2) is 40.8 Å². The van der Waals surface area contributed by atoms with Crippen LogP contribution in [0.3, 0.4) is 0 Å². The number of rotatable bonds is 7. The first kappa shape index (κ1) is 17.3. The van der Waals surface area contributed by atoms with Crippen LogP contribution >= 0.6 is 11.3 Å². The monoisotopic (exact) mass is 332 g/mol. The molecule has 23 heavy (non-hydrogen) atoms. The third-order valence-corrected chi connectivity index (χ3v) is 4.36. The first-order valence-corrected chi connectivity index (χ1v) is 8.55. The molecule has 1 unspecified atom stereocenters. The summed E-state index contributed by atoms with van der Waals surface area (Å²) in [5.74, 6) is 1.97. The first-order valence-electron chi connectivity index (χ1n) is 7.67. The second kappa shape index (κ2) is 9.15. The van der Waals surface area contributed by atoms with Gasteiger partial charge in [0, 0.05) is 36.8 Å². The second-order valence-electron chi connectivity index (χ2n) is 5.37. The average molecular weight is 332 g/mol. The Morgan fingerprint density at radius 2 is 2.22 bits per heavy atom. The third kappa shape index (κ3) is 5.56. The van der Waals surface area contributed by atoms with Crippen LogP contribution in [0.1, 0.15) is 17.4 Å². The van der Waals surface area contributed by atoms with E-state index in [0.717, 1.165) is 24.5 Å². The Morgan fingerprint density at radius 1 is 1.35 bits per heavy atom. The molecule has 0 aliphatic rings. The van der Waals surface area contributed by atoms with E-state index in [9.17, 15) is 0 Å². The number of pyridine rings is 1. The van der Waals surface area contributed by atoms with Gasteiger partial charge in [0.15, 0.2) is 5.96 Å². The van der Waals surface area contributed by atoms with Crippen molar-refractivity contribution in [1.29, 1.82) is 0 Å². The molecule has 124 valence electrons. The van der Waals surface area contributed by atoms with Crippen LogP contribution in [0.25, 0.3) is 0 Å². The lowest BCUT2D eigenvalue weighted by atomic mass is 10.1. The molecule has 0 fully saturated rings.